The van der Waals surface area contributed by atoms with Gasteiger partial charge in [-0.05, 0) is 37.2 Å². The summed E-state index contributed by atoms with van der Waals surface area (Å²) in [5, 5.41) is 16.1. The van der Waals surface area contributed by atoms with Gasteiger partial charge in [-0.2, -0.15) is 5.21 Å². The molecule has 114 valence electrons. The molecule has 0 bridgehead atoms. The molecule has 8 nitrogen and oxygen atoms in total. The van der Waals surface area contributed by atoms with Gasteiger partial charge >= 0.3 is 0 Å². The Morgan fingerprint density at radius 1 is 1.33 bits per heavy atom. The lowest BCUT2D eigenvalue weighted by molar-refractivity contribution is 0.578. The molecule has 0 saturated carbocycles. The molecule has 0 aliphatic heterocycles. The van der Waals surface area contributed by atoms with E-state index in [2.05, 4.69) is 46.6 Å². The molecule has 21 heavy (non-hydrogen) atoms. The normalized spacial score (nSPS) is 11.8. The van der Waals surface area contributed by atoms with Gasteiger partial charge in [-0.25, -0.2) is 13.1 Å². The summed E-state index contributed by atoms with van der Waals surface area (Å²) in [4.78, 5) is 0.227. The lowest BCUT2D eigenvalue weighted by Crippen LogP contribution is -2.25. The molecule has 0 fully saturated rings. The van der Waals surface area contributed by atoms with Gasteiger partial charge in [0.15, 0.2) is 5.82 Å². The highest BCUT2D eigenvalue weighted by Gasteiger charge is 2.19. The first kappa shape index (κ1) is 16.0. The maximum atomic E-state index is 12.4. The average Bonchev–Trinajstić information content (AvgIpc) is 2.94. The van der Waals surface area contributed by atoms with Crippen LogP contribution in [0.1, 0.15) is 17.0 Å². The highest BCUT2D eigenvalue weighted by molar-refractivity contribution is 9.10. The quantitative estimate of drug-likeness (QED) is 0.677. The first-order chi connectivity index (χ1) is 9.94. The zero-order chi connectivity index (χ0) is 15.5. The number of nitrogens with one attached hydrogen (secondary N) is 3. The molecule has 2 rings (SSSR count). The standard InChI is InChI=1S/C11H15BrN6O2S/c1-7-9(12)3-8(5-13-2)4-10(7)21(19,20)14-6-11-15-17-18-16-11/h3-4,13-14H,5-6H2,1-2H3,(H,15,16,17,18). The fraction of sp³-hybridized carbons (Fsp3) is 0.364. The van der Waals surface area contributed by atoms with Crippen LogP contribution in [0.5, 0.6) is 0 Å². The number of sulfonamides is 1. The van der Waals surface area contributed by atoms with Crippen molar-refractivity contribution in [2.45, 2.75) is 24.9 Å². The monoisotopic (exact) mass is 374 g/mol. The van der Waals surface area contributed by atoms with Crippen molar-refractivity contribution >= 4 is 26.0 Å². The third-order valence-electron chi connectivity index (χ3n) is 2.84. The van der Waals surface area contributed by atoms with E-state index < -0.39 is 10.0 Å². The van der Waals surface area contributed by atoms with E-state index in [1.807, 2.05) is 6.07 Å². The predicted octanol–water partition coefficient (Wildman–Crippen LogP) is 0.469. The number of H-pyrrole nitrogens is 1. The number of aromatic nitrogens is 4. The van der Waals surface area contributed by atoms with E-state index in [1.165, 1.54) is 0 Å². The Morgan fingerprint density at radius 2 is 2.10 bits per heavy atom. The smallest absolute Gasteiger partial charge is 0.241 e. The van der Waals surface area contributed by atoms with Gasteiger partial charge in [0, 0.05) is 11.0 Å². The van der Waals surface area contributed by atoms with Crippen LogP contribution in [-0.4, -0.2) is 36.1 Å². The molecule has 0 atom stereocenters. The number of halogens is 1. The van der Waals surface area contributed by atoms with Gasteiger partial charge in [0.25, 0.3) is 0 Å². The van der Waals surface area contributed by atoms with Crippen LogP contribution in [0.3, 0.4) is 0 Å². The van der Waals surface area contributed by atoms with Crippen LogP contribution in [0, 0.1) is 6.92 Å². The van der Waals surface area contributed by atoms with Gasteiger partial charge in [0.05, 0.1) is 11.4 Å². The van der Waals surface area contributed by atoms with Gasteiger partial charge < -0.3 is 5.32 Å². The van der Waals surface area contributed by atoms with Gasteiger partial charge in [0.1, 0.15) is 0 Å². The Kier molecular flexibility index (Phi) is 5.04. The number of rotatable bonds is 6. The van der Waals surface area contributed by atoms with Crippen LogP contribution >= 0.6 is 15.9 Å². The second-order valence-electron chi connectivity index (χ2n) is 4.38. The fourth-order valence-corrected chi connectivity index (χ4v) is 3.72. The minimum atomic E-state index is -3.66. The molecule has 0 aliphatic rings. The summed E-state index contributed by atoms with van der Waals surface area (Å²) in [7, 11) is -1.86. The molecule has 0 saturated heterocycles. The Morgan fingerprint density at radius 3 is 2.71 bits per heavy atom. The van der Waals surface area contributed by atoms with E-state index in [4.69, 9.17) is 0 Å². The summed E-state index contributed by atoms with van der Waals surface area (Å²) in [5.74, 6) is 0.279. The topological polar surface area (TPSA) is 113 Å². The van der Waals surface area contributed by atoms with E-state index >= 15 is 0 Å². The molecule has 1 aromatic carbocycles. The number of hydrogen-bond acceptors (Lipinski definition) is 6. The van der Waals surface area contributed by atoms with Gasteiger partial charge in [0.2, 0.25) is 10.0 Å². The number of nitrogens with zero attached hydrogens (tertiary/aromatic N) is 3. The lowest BCUT2D eigenvalue weighted by Gasteiger charge is -2.12. The molecule has 10 heteroatoms. The SMILES string of the molecule is CNCc1cc(Br)c(C)c(S(=O)(=O)NCc2nn[nH]n2)c1. The summed E-state index contributed by atoms with van der Waals surface area (Å²) in [5.41, 5.74) is 1.52. The van der Waals surface area contributed by atoms with Crippen LogP contribution in [0.2, 0.25) is 0 Å². The highest BCUT2D eigenvalue weighted by atomic mass is 79.9. The number of tetrazole rings is 1. The second-order valence-corrected chi connectivity index (χ2v) is 6.97. The van der Waals surface area contributed by atoms with Crippen molar-refractivity contribution in [3.05, 3.63) is 33.6 Å². The zero-order valence-corrected chi connectivity index (χ0v) is 13.9. The third kappa shape index (κ3) is 3.84. The largest absolute Gasteiger partial charge is 0.316 e. The second kappa shape index (κ2) is 6.60. The number of aromatic amines is 1. The van der Waals surface area contributed by atoms with Crippen LogP contribution in [0.4, 0.5) is 0 Å². The first-order valence-corrected chi connectivity index (χ1v) is 8.37. The maximum Gasteiger partial charge on any atom is 0.241 e. The lowest BCUT2D eigenvalue weighted by atomic mass is 10.1. The molecule has 3 N–H and O–H groups in total. The molecule has 0 amide bonds. The third-order valence-corrected chi connectivity index (χ3v) is 5.19. The molecule has 0 radical (unpaired) electrons. The molecular weight excluding hydrogens is 360 g/mol. The Balaban J connectivity index is 2.30. The van der Waals surface area contributed by atoms with Crippen molar-refractivity contribution in [3.8, 4) is 0 Å². The summed E-state index contributed by atoms with van der Waals surface area (Å²) in [6.07, 6.45) is 0. The Labute approximate surface area is 130 Å². The number of hydrogen-bond donors (Lipinski definition) is 3. The van der Waals surface area contributed by atoms with E-state index in [0.717, 1.165) is 10.0 Å². The minimum absolute atomic E-state index is 0.0217. The van der Waals surface area contributed by atoms with Crippen molar-refractivity contribution in [1.82, 2.24) is 30.7 Å². The Hall–Kier alpha value is -1.36. The van der Waals surface area contributed by atoms with Crippen molar-refractivity contribution in [1.29, 1.82) is 0 Å². The minimum Gasteiger partial charge on any atom is -0.316 e. The Bertz CT molecular complexity index is 717. The number of benzene rings is 1. The summed E-state index contributed by atoms with van der Waals surface area (Å²) < 4.78 is 28.0. The van der Waals surface area contributed by atoms with E-state index in [1.54, 1.807) is 20.0 Å². The van der Waals surface area contributed by atoms with Gasteiger partial charge in [-0.3, -0.25) is 0 Å². The van der Waals surface area contributed by atoms with Crippen LogP contribution < -0.4 is 10.0 Å². The molecule has 2 aromatic rings. The van der Waals surface area contributed by atoms with Crippen molar-refractivity contribution in [2.24, 2.45) is 0 Å². The van der Waals surface area contributed by atoms with Crippen LogP contribution in [0.15, 0.2) is 21.5 Å². The summed E-state index contributed by atoms with van der Waals surface area (Å²) >= 11 is 3.39. The fourth-order valence-electron chi connectivity index (χ4n) is 1.79. The predicted molar refractivity (Wildman–Crippen MR) is 79.8 cm³/mol. The van der Waals surface area contributed by atoms with Crippen molar-refractivity contribution < 1.29 is 8.42 Å². The molecule has 0 aliphatic carbocycles. The van der Waals surface area contributed by atoms with Crippen molar-refractivity contribution in [3.63, 3.8) is 0 Å². The summed E-state index contributed by atoms with van der Waals surface area (Å²) in [6.45, 7) is 2.30. The van der Waals surface area contributed by atoms with Gasteiger partial charge in [-0.1, -0.05) is 21.1 Å². The zero-order valence-electron chi connectivity index (χ0n) is 11.5. The summed E-state index contributed by atoms with van der Waals surface area (Å²) in [6, 6.07) is 3.54. The molecule has 1 aromatic heterocycles. The maximum absolute atomic E-state index is 12.4. The van der Waals surface area contributed by atoms with Crippen molar-refractivity contribution in [2.75, 3.05) is 7.05 Å². The van der Waals surface area contributed by atoms with Gasteiger partial charge in [-0.15, -0.1) is 10.2 Å². The van der Waals surface area contributed by atoms with E-state index in [-0.39, 0.29) is 17.3 Å². The molecular formula is C11H15BrN6O2S. The van der Waals surface area contributed by atoms with Crippen LogP contribution in [-0.2, 0) is 23.1 Å². The molecule has 0 unspecified atom stereocenters. The van der Waals surface area contributed by atoms with E-state index in [9.17, 15) is 8.42 Å². The molecule has 0 spiro atoms. The molecule has 1 heterocycles. The highest BCUT2D eigenvalue weighted by Crippen LogP contribution is 2.25. The van der Waals surface area contributed by atoms with Crippen LogP contribution in [0.25, 0.3) is 0 Å². The first-order valence-electron chi connectivity index (χ1n) is 6.09. The van der Waals surface area contributed by atoms with E-state index in [0.29, 0.717) is 12.1 Å². The average molecular weight is 375 g/mol.